The molecule has 3 rings (SSSR count). The highest BCUT2D eigenvalue weighted by Crippen LogP contribution is 2.15. The zero-order valence-corrected chi connectivity index (χ0v) is 14.0. The van der Waals surface area contributed by atoms with Gasteiger partial charge in [0.05, 0.1) is 19.0 Å². The van der Waals surface area contributed by atoms with Crippen LogP contribution in [0.2, 0.25) is 0 Å². The molecule has 0 saturated carbocycles. The number of ether oxygens (including phenoxy) is 1. The Morgan fingerprint density at radius 2 is 2.00 bits per heavy atom. The van der Waals surface area contributed by atoms with E-state index in [0.29, 0.717) is 32.5 Å². The Hall–Kier alpha value is -2.07. The minimum absolute atomic E-state index is 0.162. The summed E-state index contributed by atoms with van der Waals surface area (Å²) < 4.78 is 11.1. The summed E-state index contributed by atoms with van der Waals surface area (Å²) in [4.78, 5) is 14.3. The maximum atomic E-state index is 12.4. The second-order valence-corrected chi connectivity index (χ2v) is 6.29. The Morgan fingerprint density at radius 3 is 2.79 bits per heavy atom. The Bertz CT molecular complexity index is 609. The number of carbonyl (C=O) groups excluding carboxylic acids is 1. The van der Waals surface area contributed by atoms with Crippen LogP contribution in [0.3, 0.4) is 0 Å². The standard InChI is InChI=1S/C20H25NO3/c22-20(12-11-18-10-5-14-23-18)21-13-15-24-19(16-21)9-4-8-17-6-2-1-3-7-17/h1-3,5-7,10,14,19H,4,8-9,11-13,15-16H2. The molecule has 4 nitrogen and oxygen atoms in total. The van der Waals surface area contributed by atoms with E-state index in [1.54, 1.807) is 6.26 Å². The summed E-state index contributed by atoms with van der Waals surface area (Å²) in [5, 5.41) is 0. The van der Waals surface area contributed by atoms with E-state index >= 15 is 0 Å². The van der Waals surface area contributed by atoms with Crippen molar-refractivity contribution in [3.63, 3.8) is 0 Å². The number of morpholine rings is 1. The van der Waals surface area contributed by atoms with Crippen LogP contribution >= 0.6 is 0 Å². The van der Waals surface area contributed by atoms with Crippen molar-refractivity contribution in [1.82, 2.24) is 4.90 Å². The molecule has 1 atom stereocenters. The molecular formula is C20H25NO3. The Morgan fingerprint density at radius 1 is 1.12 bits per heavy atom. The van der Waals surface area contributed by atoms with Gasteiger partial charge in [-0.15, -0.1) is 0 Å². The van der Waals surface area contributed by atoms with Crippen molar-refractivity contribution in [2.45, 2.75) is 38.2 Å². The van der Waals surface area contributed by atoms with E-state index in [-0.39, 0.29) is 12.0 Å². The molecule has 1 aliphatic rings. The van der Waals surface area contributed by atoms with E-state index in [0.717, 1.165) is 25.0 Å². The van der Waals surface area contributed by atoms with E-state index in [4.69, 9.17) is 9.15 Å². The highest BCUT2D eigenvalue weighted by molar-refractivity contribution is 5.76. The number of amides is 1. The monoisotopic (exact) mass is 327 g/mol. The first-order valence-electron chi connectivity index (χ1n) is 8.77. The summed E-state index contributed by atoms with van der Waals surface area (Å²) in [7, 11) is 0. The van der Waals surface area contributed by atoms with Crippen molar-refractivity contribution in [1.29, 1.82) is 0 Å². The molecule has 4 heteroatoms. The van der Waals surface area contributed by atoms with Gasteiger partial charge in [0.15, 0.2) is 0 Å². The summed E-state index contributed by atoms with van der Waals surface area (Å²) in [5.41, 5.74) is 1.36. The van der Waals surface area contributed by atoms with Gasteiger partial charge in [-0.2, -0.15) is 0 Å². The topological polar surface area (TPSA) is 42.7 Å². The molecule has 0 aliphatic carbocycles. The first-order valence-corrected chi connectivity index (χ1v) is 8.77. The van der Waals surface area contributed by atoms with E-state index in [2.05, 4.69) is 24.3 Å². The van der Waals surface area contributed by atoms with Crippen LogP contribution in [0.5, 0.6) is 0 Å². The van der Waals surface area contributed by atoms with E-state index < -0.39 is 0 Å². The molecule has 0 spiro atoms. The number of rotatable bonds is 7. The van der Waals surface area contributed by atoms with E-state index in [1.165, 1.54) is 5.56 Å². The van der Waals surface area contributed by atoms with Crippen LogP contribution in [-0.2, 0) is 22.4 Å². The number of aryl methyl sites for hydroxylation is 2. The van der Waals surface area contributed by atoms with Gasteiger partial charge in [-0.05, 0) is 37.0 Å². The maximum absolute atomic E-state index is 12.4. The summed E-state index contributed by atoms with van der Waals surface area (Å²) in [6.45, 7) is 2.06. The molecule has 1 aromatic heterocycles. The first-order chi connectivity index (χ1) is 11.8. The van der Waals surface area contributed by atoms with Crippen LogP contribution in [0, 0.1) is 0 Å². The molecule has 0 radical (unpaired) electrons. The SMILES string of the molecule is O=C(CCc1ccco1)N1CCOC(CCCc2ccccc2)C1. The molecule has 1 aromatic carbocycles. The lowest BCUT2D eigenvalue weighted by Crippen LogP contribution is -2.45. The normalized spacial score (nSPS) is 17.8. The smallest absolute Gasteiger partial charge is 0.223 e. The van der Waals surface area contributed by atoms with Crippen molar-refractivity contribution < 1.29 is 13.9 Å². The molecule has 1 aliphatic heterocycles. The van der Waals surface area contributed by atoms with Crippen LogP contribution < -0.4 is 0 Å². The first kappa shape index (κ1) is 16.8. The van der Waals surface area contributed by atoms with Crippen LogP contribution in [0.1, 0.15) is 30.6 Å². The van der Waals surface area contributed by atoms with Crippen LogP contribution in [0.4, 0.5) is 0 Å². The molecule has 0 N–H and O–H groups in total. The fourth-order valence-corrected chi connectivity index (χ4v) is 3.14. The fraction of sp³-hybridized carbons (Fsp3) is 0.450. The van der Waals surface area contributed by atoms with Crippen LogP contribution in [-0.4, -0.2) is 36.6 Å². The van der Waals surface area contributed by atoms with Gasteiger partial charge in [-0.3, -0.25) is 4.79 Å². The average Bonchev–Trinajstić information content (AvgIpc) is 3.14. The fourth-order valence-electron chi connectivity index (χ4n) is 3.14. The highest BCUT2D eigenvalue weighted by Gasteiger charge is 2.23. The molecule has 24 heavy (non-hydrogen) atoms. The third-order valence-electron chi connectivity index (χ3n) is 4.49. The lowest BCUT2D eigenvalue weighted by molar-refractivity contribution is -0.139. The van der Waals surface area contributed by atoms with Crippen molar-refractivity contribution in [3.05, 3.63) is 60.1 Å². The van der Waals surface area contributed by atoms with Gasteiger partial charge in [-0.25, -0.2) is 0 Å². The minimum Gasteiger partial charge on any atom is -0.469 e. The molecule has 1 amide bonds. The van der Waals surface area contributed by atoms with Gasteiger partial charge in [-0.1, -0.05) is 30.3 Å². The Kier molecular flexibility index (Phi) is 6.07. The molecule has 1 fully saturated rings. The maximum Gasteiger partial charge on any atom is 0.223 e. The molecular weight excluding hydrogens is 302 g/mol. The van der Waals surface area contributed by atoms with Gasteiger partial charge in [0.25, 0.3) is 0 Å². The lowest BCUT2D eigenvalue weighted by Gasteiger charge is -2.33. The molecule has 2 heterocycles. The largest absolute Gasteiger partial charge is 0.469 e. The average molecular weight is 327 g/mol. The number of hydrogen-bond acceptors (Lipinski definition) is 3. The number of benzene rings is 1. The summed E-state index contributed by atoms with van der Waals surface area (Å²) in [6.07, 6.45) is 6.13. The van der Waals surface area contributed by atoms with Gasteiger partial charge >= 0.3 is 0 Å². The van der Waals surface area contributed by atoms with Crippen LogP contribution in [0.25, 0.3) is 0 Å². The quantitative estimate of drug-likeness (QED) is 0.782. The number of carbonyl (C=O) groups is 1. The van der Waals surface area contributed by atoms with Gasteiger partial charge in [0.2, 0.25) is 5.91 Å². The van der Waals surface area contributed by atoms with E-state index in [1.807, 2.05) is 23.1 Å². The Balaban J connectivity index is 1.39. The van der Waals surface area contributed by atoms with Crippen molar-refractivity contribution in [3.8, 4) is 0 Å². The van der Waals surface area contributed by atoms with Crippen molar-refractivity contribution in [2.24, 2.45) is 0 Å². The lowest BCUT2D eigenvalue weighted by atomic mass is 10.0. The zero-order chi connectivity index (χ0) is 16.6. The number of hydrogen-bond donors (Lipinski definition) is 0. The molecule has 128 valence electrons. The predicted octanol–water partition coefficient (Wildman–Crippen LogP) is 3.46. The molecule has 1 saturated heterocycles. The third-order valence-corrected chi connectivity index (χ3v) is 4.49. The molecule has 1 unspecified atom stereocenters. The van der Waals surface area contributed by atoms with E-state index in [9.17, 15) is 4.79 Å². The predicted molar refractivity (Wildman–Crippen MR) is 92.7 cm³/mol. The van der Waals surface area contributed by atoms with Gasteiger partial charge in [0.1, 0.15) is 5.76 Å². The highest BCUT2D eigenvalue weighted by atomic mass is 16.5. The van der Waals surface area contributed by atoms with Gasteiger partial charge in [0, 0.05) is 25.9 Å². The second-order valence-electron chi connectivity index (χ2n) is 6.29. The summed E-state index contributed by atoms with van der Waals surface area (Å²) in [6, 6.07) is 14.3. The van der Waals surface area contributed by atoms with Crippen molar-refractivity contribution in [2.75, 3.05) is 19.7 Å². The minimum atomic E-state index is 0.162. The number of furan rings is 1. The summed E-state index contributed by atoms with van der Waals surface area (Å²) in [5.74, 6) is 1.07. The second kappa shape index (κ2) is 8.69. The van der Waals surface area contributed by atoms with Crippen molar-refractivity contribution >= 4 is 5.91 Å². The van der Waals surface area contributed by atoms with Crippen LogP contribution in [0.15, 0.2) is 53.1 Å². The molecule has 0 bridgehead atoms. The van der Waals surface area contributed by atoms with Gasteiger partial charge < -0.3 is 14.1 Å². The summed E-state index contributed by atoms with van der Waals surface area (Å²) >= 11 is 0. The molecule has 2 aromatic rings. The Labute approximate surface area is 143 Å². The third kappa shape index (κ3) is 4.96. The number of nitrogens with zero attached hydrogens (tertiary/aromatic N) is 1. The zero-order valence-electron chi connectivity index (χ0n) is 14.0.